The van der Waals surface area contributed by atoms with Gasteiger partial charge in [0.25, 0.3) is 0 Å². The molecule has 0 N–H and O–H groups in total. The minimum atomic E-state index is -0.291. The number of rotatable bonds is 10. The fourth-order valence-electron chi connectivity index (χ4n) is 3.29. The number of carbonyl (C=O) groups excluding carboxylic acids is 3. The normalized spacial score (nSPS) is 22.9. The molecule has 0 aliphatic heterocycles. The van der Waals surface area contributed by atoms with Crippen LogP contribution in [0.3, 0.4) is 0 Å². The number of hydrogen-bond donors (Lipinski definition) is 0. The molecule has 1 saturated carbocycles. The second-order valence-corrected chi connectivity index (χ2v) is 6.37. The molecule has 0 saturated heterocycles. The van der Waals surface area contributed by atoms with Gasteiger partial charge in [-0.1, -0.05) is 19.3 Å². The van der Waals surface area contributed by atoms with Gasteiger partial charge in [-0.3, -0.25) is 14.4 Å². The van der Waals surface area contributed by atoms with Crippen molar-refractivity contribution < 1.29 is 28.6 Å². The zero-order chi connectivity index (χ0) is 17.9. The van der Waals surface area contributed by atoms with Crippen LogP contribution in [0.5, 0.6) is 0 Å². The second-order valence-electron chi connectivity index (χ2n) is 6.37. The maximum Gasteiger partial charge on any atom is 0.305 e. The molecule has 6 heteroatoms. The Morgan fingerprint density at radius 3 is 2.21 bits per heavy atom. The molecular weight excluding hydrogens is 312 g/mol. The van der Waals surface area contributed by atoms with Crippen LogP contribution in [0.25, 0.3) is 0 Å². The van der Waals surface area contributed by atoms with Crippen LogP contribution >= 0.6 is 0 Å². The molecular formula is C18H30O6. The molecule has 1 fully saturated rings. The van der Waals surface area contributed by atoms with Crippen molar-refractivity contribution in [2.45, 2.75) is 84.3 Å². The van der Waals surface area contributed by atoms with Crippen LogP contribution in [-0.2, 0) is 28.6 Å². The first-order chi connectivity index (χ1) is 11.4. The van der Waals surface area contributed by atoms with Gasteiger partial charge in [-0.15, -0.1) is 0 Å². The van der Waals surface area contributed by atoms with Crippen LogP contribution in [-0.4, -0.2) is 36.7 Å². The molecule has 6 nitrogen and oxygen atoms in total. The molecule has 0 heterocycles. The highest BCUT2D eigenvalue weighted by Crippen LogP contribution is 2.34. The van der Waals surface area contributed by atoms with E-state index >= 15 is 0 Å². The van der Waals surface area contributed by atoms with Crippen molar-refractivity contribution in [1.82, 2.24) is 0 Å². The predicted molar refractivity (Wildman–Crippen MR) is 88.2 cm³/mol. The SMILES string of the molecule is CCOC(=O)CCCCCCC1CC(OC(C)=O)CC1OC(C)=O. The van der Waals surface area contributed by atoms with Crippen molar-refractivity contribution >= 4 is 17.9 Å². The van der Waals surface area contributed by atoms with Gasteiger partial charge in [0.2, 0.25) is 0 Å². The lowest BCUT2D eigenvalue weighted by atomic mass is 9.97. The first kappa shape index (κ1) is 20.5. The van der Waals surface area contributed by atoms with Crippen molar-refractivity contribution in [2.75, 3.05) is 6.61 Å². The molecule has 24 heavy (non-hydrogen) atoms. The molecule has 0 radical (unpaired) electrons. The molecule has 0 amide bonds. The Bertz CT molecular complexity index is 420. The summed E-state index contributed by atoms with van der Waals surface area (Å²) in [5.41, 5.74) is 0. The van der Waals surface area contributed by atoms with E-state index in [1.54, 1.807) is 0 Å². The average Bonchev–Trinajstić information content (AvgIpc) is 2.83. The molecule has 3 unspecified atom stereocenters. The van der Waals surface area contributed by atoms with Gasteiger partial charge in [-0.25, -0.2) is 0 Å². The molecule has 0 bridgehead atoms. The van der Waals surface area contributed by atoms with E-state index in [0.717, 1.165) is 38.5 Å². The summed E-state index contributed by atoms with van der Waals surface area (Å²) in [5, 5.41) is 0. The van der Waals surface area contributed by atoms with E-state index in [-0.39, 0.29) is 36.0 Å². The summed E-state index contributed by atoms with van der Waals surface area (Å²) in [5.74, 6) is -0.472. The van der Waals surface area contributed by atoms with Gasteiger partial charge in [-0.05, 0) is 32.1 Å². The van der Waals surface area contributed by atoms with Crippen LogP contribution in [0, 0.1) is 5.92 Å². The zero-order valence-corrected chi connectivity index (χ0v) is 15.0. The predicted octanol–water partition coefficient (Wildman–Crippen LogP) is 3.16. The molecule has 0 aromatic rings. The van der Waals surface area contributed by atoms with Crippen molar-refractivity contribution in [3.05, 3.63) is 0 Å². The van der Waals surface area contributed by atoms with Gasteiger partial charge in [0.05, 0.1) is 6.61 Å². The first-order valence-corrected chi connectivity index (χ1v) is 8.92. The summed E-state index contributed by atoms with van der Waals surface area (Å²) in [6.07, 6.45) is 6.31. The minimum absolute atomic E-state index is 0.132. The molecule has 0 aromatic carbocycles. The molecule has 138 valence electrons. The smallest absolute Gasteiger partial charge is 0.305 e. The van der Waals surface area contributed by atoms with Gasteiger partial charge in [-0.2, -0.15) is 0 Å². The van der Waals surface area contributed by atoms with Gasteiger partial charge >= 0.3 is 17.9 Å². The Labute approximate surface area is 144 Å². The van der Waals surface area contributed by atoms with Gasteiger partial charge in [0.15, 0.2) is 0 Å². The van der Waals surface area contributed by atoms with Crippen LogP contribution in [0.1, 0.15) is 72.1 Å². The maximum absolute atomic E-state index is 11.2. The van der Waals surface area contributed by atoms with Gasteiger partial charge in [0, 0.05) is 26.7 Å². The summed E-state index contributed by atoms with van der Waals surface area (Å²) >= 11 is 0. The van der Waals surface area contributed by atoms with E-state index in [1.165, 1.54) is 13.8 Å². The van der Waals surface area contributed by atoms with Gasteiger partial charge in [0.1, 0.15) is 12.2 Å². The molecule has 0 spiro atoms. The van der Waals surface area contributed by atoms with Crippen LogP contribution in [0.15, 0.2) is 0 Å². The lowest BCUT2D eigenvalue weighted by Crippen LogP contribution is -2.21. The molecule has 1 rings (SSSR count). The van der Waals surface area contributed by atoms with E-state index in [4.69, 9.17) is 14.2 Å². The van der Waals surface area contributed by atoms with Crippen LogP contribution in [0.2, 0.25) is 0 Å². The third kappa shape index (κ3) is 8.31. The summed E-state index contributed by atoms with van der Waals surface area (Å²) in [6, 6.07) is 0. The Morgan fingerprint density at radius 2 is 1.58 bits per heavy atom. The number of unbranched alkanes of at least 4 members (excludes halogenated alkanes) is 3. The highest BCUT2D eigenvalue weighted by molar-refractivity contribution is 5.69. The topological polar surface area (TPSA) is 78.9 Å². The number of hydrogen-bond acceptors (Lipinski definition) is 6. The Kier molecular flexibility index (Phi) is 9.42. The summed E-state index contributed by atoms with van der Waals surface area (Å²) in [7, 11) is 0. The monoisotopic (exact) mass is 342 g/mol. The van der Waals surface area contributed by atoms with Crippen molar-refractivity contribution in [3.8, 4) is 0 Å². The third-order valence-corrected chi connectivity index (χ3v) is 4.25. The maximum atomic E-state index is 11.2. The Hall–Kier alpha value is -1.59. The van der Waals surface area contributed by atoms with Crippen molar-refractivity contribution in [1.29, 1.82) is 0 Å². The average molecular weight is 342 g/mol. The number of ether oxygens (including phenoxy) is 3. The fourth-order valence-corrected chi connectivity index (χ4v) is 3.29. The highest BCUT2D eigenvalue weighted by Gasteiger charge is 2.37. The Morgan fingerprint density at radius 1 is 0.917 bits per heavy atom. The van der Waals surface area contributed by atoms with E-state index in [2.05, 4.69) is 0 Å². The highest BCUT2D eigenvalue weighted by atomic mass is 16.6. The second kappa shape index (κ2) is 11.0. The van der Waals surface area contributed by atoms with Crippen LogP contribution in [0.4, 0.5) is 0 Å². The minimum Gasteiger partial charge on any atom is -0.466 e. The fraction of sp³-hybridized carbons (Fsp3) is 0.833. The summed E-state index contributed by atoms with van der Waals surface area (Å²) in [6.45, 7) is 5.05. The van der Waals surface area contributed by atoms with E-state index in [0.29, 0.717) is 19.4 Å². The van der Waals surface area contributed by atoms with E-state index < -0.39 is 0 Å². The quantitative estimate of drug-likeness (QED) is 0.345. The first-order valence-electron chi connectivity index (χ1n) is 8.92. The third-order valence-electron chi connectivity index (χ3n) is 4.25. The molecule has 3 atom stereocenters. The van der Waals surface area contributed by atoms with E-state index in [1.807, 2.05) is 6.92 Å². The standard InChI is InChI=1S/C18H30O6/c1-4-22-18(21)10-8-6-5-7-9-15-11-16(23-13(2)19)12-17(15)24-14(3)20/h15-17H,4-12H2,1-3H3. The number of carbonyl (C=O) groups is 3. The van der Waals surface area contributed by atoms with Crippen molar-refractivity contribution in [2.24, 2.45) is 5.92 Å². The molecule has 1 aliphatic carbocycles. The molecule has 1 aliphatic rings. The summed E-state index contributed by atoms with van der Waals surface area (Å²) < 4.78 is 15.5. The summed E-state index contributed by atoms with van der Waals surface area (Å²) in [4.78, 5) is 33.6. The zero-order valence-electron chi connectivity index (χ0n) is 15.0. The largest absolute Gasteiger partial charge is 0.466 e. The van der Waals surface area contributed by atoms with Crippen LogP contribution < -0.4 is 0 Å². The van der Waals surface area contributed by atoms with E-state index in [9.17, 15) is 14.4 Å². The number of esters is 3. The lowest BCUT2D eigenvalue weighted by Gasteiger charge is -2.18. The van der Waals surface area contributed by atoms with Crippen molar-refractivity contribution in [3.63, 3.8) is 0 Å². The lowest BCUT2D eigenvalue weighted by molar-refractivity contribution is -0.149. The van der Waals surface area contributed by atoms with Gasteiger partial charge < -0.3 is 14.2 Å². The Balaban J connectivity index is 2.26. The molecule has 0 aromatic heterocycles.